The minimum atomic E-state index is -0.806. The SMILES string of the molecule is CC(OC[C@H](O)CNC(C)(C)Cc1ccc2ccccc2c1)c1ccc2c(c1)C1C(O2)C1C(=O)O. The molecule has 0 radical (unpaired) electrons. The van der Waals surface area contributed by atoms with Gasteiger partial charge in [0.05, 0.1) is 18.8 Å². The Balaban J connectivity index is 1.11. The van der Waals surface area contributed by atoms with E-state index >= 15 is 0 Å². The molecule has 184 valence electrons. The van der Waals surface area contributed by atoms with Crippen LogP contribution in [0.3, 0.4) is 0 Å². The lowest BCUT2D eigenvalue weighted by molar-refractivity contribution is -0.139. The van der Waals surface area contributed by atoms with Crippen molar-refractivity contribution in [2.24, 2.45) is 5.92 Å². The summed E-state index contributed by atoms with van der Waals surface area (Å²) in [5.41, 5.74) is 2.98. The van der Waals surface area contributed by atoms with Gasteiger partial charge in [-0.3, -0.25) is 4.79 Å². The van der Waals surface area contributed by atoms with Gasteiger partial charge in [-0.1, -0.05) is 48.5 Å². The first-order valence-electron chi connectivity index (χ1n) is 12.3. The number of carbonyl (C=O) groups is 1. The fraction of sp³-hybridized carbons (Fsp3) is 0.414. The van der Waals surface area contributed by atoms with Gasteiger partial charge in [-0.05, 0) is 61.2 Å². The highest BCUT2D eigenvalue weighted by Crippen LogP contribution is 2.58. The molecule has 0 saturated heterocycles. The van der Waals surface area contributed by atoms with Crippen LogP contribution in [0.5, 0.6) is 5.75 Å². The number of ether oxygens (including phenoxy) is 2. The summed E-state index contributed by atoms with van der Waals surface area (Å²) in [5, 5.41) is 25.8. The second-order valence-electron chi connectivity index (χ2n) is 10.5. The lowest BCUT2D eigenvalue weighted by atomic mass is 9.93. The Kier molecular flexibility index (Phi) is 6.30. The third kappa shape index (κ3) is 5.06. The third-order valence-electron chi connectivity index (χ3n) is 7.18. The lowest BCUT2D eigenvalue weighted by Gasteiger charge is -2.28. The normalized spacial score (nSPS) is 22.2. The summed E-state index contributed by atoms with van der Waals surface area (Å²) < 4.78 is 11.7. The summed E-state index contributed by atoms with van der Waals surface area (Å²) in [5.74, 6) is -0.542. The number of β-amino-alcohol motifs (C(OH)–C–C–N with tert-alkyl or cyclic N) is 1. The summed E-state index contributed by atoms with van der Waals surface area (Å²) in [4.78, 5) is 11.3. The number of benzene rings is 3. The first kappa shape index (κ1) is 23.8. The zero-order chi connectivity index (χ0) is 24.7. The van der Waals surface area contributed by atoms with Crippen molar-refractivity contribution in [1.82, 2.24) is 5.32 Å². The summed E-state index contributed by atoms with van der Waals surface area (Å²) in [6.45, 7) is 6.86. The van der Waals surface area contributed by atoms with Gasteiger partial charge < -0.3 is 25.0 Å². The molecule has 0 spiro atoms. The molecule has 6 nitrogen and oxygen atoms in total. The van der Waals surface area contributed by atoms with Crippen LogP contribution in [-0.4, -0.2) is 47.1 Å². The molecule has 0 aromatic heterocycles. The van der Waals surface area contributed by atoms with Crippen LogP contribution in [0.4, 0.5) is 0 Å². The van der Waals surface area contributed by atoms with Crippen LogP contribution < -0.4 is 10.1 Å². The summed E-state index contributed by atoms with van der Waals surface area (Å²) in [6.07, 6.45) is -0.254. The first-order chi connectivity index (χ1) is 16.7. The van der Waals surface area contributed by atoms with E-state index in [-0.39, 0.29) is 30.3 Å². The smallest absolute Gasteiger partial charge is 0.311 e. The average molecular weight is 476 g/mol. The predicted molar refractivity (Wildman–Crippen MR) is 135 cm³/mol. The van der Waals surface area contributed by atoms with Crippen LogP contribution in [0.2, 0.25) is 0 Å². The Morgan fingerprint density at radius 2 is 1.89 bits per heavy atom. The highest BCUT2D eigenvalue weighted by molar-refractivity contribution is 5.83. The van der Waals surface area contributed by atoms with Crippen LogP contribution in [0, 0.1) is 5.92 Å². The van der Waals surface area contributed by atoms with Crippen molar-refractivity contribution in [2.75, 3.05) is 13.2 Å². The zero-order valence-corrected chi connectivity index (χ0v) is 20.4. The van der Waals surface area contributed by atoms with E-state index < -0.39 is 18.0 Å². The van der Waals surface area contributed by atoms with Gasteiger partial charge in [0.25, 0.3) is 0 Å². The standard InChI is InChI=1S/C29H33NO5/c1-17(20-10-11-24-23(13-20)25-26(28(32)33)27(25)35-24)34-16-22(31)15-30-29(2,3)14-18-8-9-19-6-4-5-7-21(19)12-18/h4-13,17,22,25-27,30-31H,14-16H2,1-3H3,(H,32,33)/t17?,22-,25?,26?,27?/m1/s1. The number of aliphatic hydroxyl groups is 1. The van der Waals surface area contributed by atoms with E-state index in [4.69, 9.17) is 9.47 Å². The van der Waals surface area contributed by atoms with Crippen molar-refractivity contribution in [2.45, 2.75) is 57.0 Å². The molecular weight excluding hydrogens is 442 g/mol. The van der Waals surface area contributed by atoms with Crippen molar-refractivity contribution >= 4 is 16.7 Å². The number of aliphatic hydroxyl groups excluding tert-OH is 1. The highest BCUT2D eigenvalue weighted by atomic mass is 16.5. The molecule has 3 N–H and O–H groups in total. The van der Waals surface area contributed by atoms with Crippen molar-refractivity contribution in [3.8, 4) is 5.75 Å². The van der Waals surface area contributed by atoms with Crippen LogP contribution in [0.1, 0.15) is 49.5 Å². The van der Waals surface area contributed by atoms with Gasteiger partial charge in [0, 0.05) is 23.6 Å². The van der Waals surface area contributed by atoms with Gasteiger partial charge in [-0.15, -0.1) is 0 Å². The fourth-order valence-electron chi connectivity index (χ4n) is 5.15. The maximum atomic E-state index is 11.3. The van der Waals surface area contributed by atoms with Crippen LogP contribution in [0.15, 0.2) is 60.7 Å². The quantitative estimate of drug-likeness (QED) is 0.402. The van der Waals surface area contributed by atoms with E-state index in [1.54, 1.807) is 0 Å². The van der Waals surface area contributed by atoms with Crippen molar-refractivity contribution in [3.63, 3.8) is 0 Å². The van der Waals surface area contributed by atoms with Gasteiger partial charge in [0.15, 0.2) is 0 Å². The van der Waals surface area contributed by atoms with Crippen molar-refractivity contribution < 1.29 is 24.5 Å². The second kappa shape index (κ2) is 9.26. The molecule has 1 aliphatic carbocycles. The minimum absolute atomic E-state index is 0.0609. The topological polar surface area (TPSA) is 88.0 Å². The monoisotopic (exact) mass is 475 g/mol. The maximum Gasteiger partial charge on any atom is 0.311 e. The molecule has 3 aromatic carbocycles. The molecule has 3 aromatic rings. The van der Waals surface area contributed by atoms with E-state index in [1.807, 2.05) is 31.2 Å². The van der Waals surface area contributed by atoms with Crippen molar-refractivity contribution in [3.05, 3.63) is 77.4 Å². The molecule has 6 heteroatoms. The molecule has 1 heterocycles. The van der Waals surface area contributed by atoms with Gasteiger partial charge in [-0.25, -0.2) is 0 Å². The van der Waals surface area contributed by atoms with E-state index in [2.05, 4.69) is 55.6 Å². The van der Waals surface area contributed by atoms with Gasteiger partial charge in [-0.2, -0.15) is 0 Å². The molecule has 0 bridgehead atoms. The molecule has 2 aliphatic rings. The number of carboxylic acids is 1. The first-order valence-corrected chi connectivity index (χ1v) is 12.3. The van der Waals surface area contributed by atoms with Crippen LogP contribution in [0.25, 0.3) is 10.8 Å². The average Bonchev–Trinajstić information content (AvgIpc) is 3.43. The summed E-state index contributed by atoms with van der Waals surface area (Å²) in [6, 6.07) is 20.7. The van der Waals surface area contributed by atoms with Crippen LogP contribution in [-0.2, 0) is 16.0 Å². The molecule has 1 aliphatic heterocycles. The molecule has 5 rings (SSSR count). The third-order valence-corrected chi connectivity index (χ3v) is 7.18. The number of rotatable bonds is 10. The molecule has 5 atom stereocenters. The molecule has 35 heavy (non-hydrogen) atoms. The van der Waals surface area contributed by atoms with Crippen molar-refractivity contribution in [1.29, 1.82) is 0 Å². The molecule has 1 saturated carbocycles. The Hall–Kier alpha value is -2.93. The number of hydrogen-bond donors (Lipinski definition) is 3. The molecular formula is C29H33NO5. The molecule has 0 amide bonds. The summed E-state index contributed by atoms with van der Waals surface area (Å²) in [7, 11) is 0. The van der Waals surface area contributed by atoms with Gasteiger partial charge in [0.2, 0.25) is 0 Å². The van der Waals surface area contributed by atoms with E-state index in [1.165, 1.54) is 16.3 Å². The zero-order valence-electron chi connectivity index (χ0n) is 20.4. The van der Waals surface area contributed by atoms with Gasteiger partial charge >= 0.3 is 5.97 Å². The summed E-state index contributed by atoms with van der Waals surface area (Å²) >= 11 is 0. The number of fused-ring (bicyclic) bond motifs is 4. The number of aliphatic carboxylic acids is 1. The fourth-order valence-corrected chi connectivity index (χ4v) is 5.15. The van der Waals surface area contributed by atoms with E-state index in [0.717, 1.165) is 23.3 Å². The molecule has 1 fully saturated rings. The number of nitrogens with one attached hydrogen (secondary N) is 1. The molecule has 4 unspecified atom stereocenters. The minimum Gasteiger partial charge on any atom is -0.489 e. The Morgan fingerprint density at radius 1 is 1.11 bits per heavy atom. The van der Waals surface area contributed by atoms with Gasteiger partial charge in [0.1, 0.15) is 17.8 Å². The Bertz CT molecular complexity index is 1240. The van der Waals surface area contributed by atoms with E-state index in [0.29, 0.717) is 6.54 Å². The Labute approximate surface area is 205 Å². The predicted octanol–water partition coefficient (Wildman–Crippen LogP) is 4.45. The van der Waals surface area contributed by atoms with E-state index in [9.17, 15) is 15.0 Å². The second-order valence-corrected chi connectivity index (χ2v) is 10.5. The van der Waals surface area contributed by atoms with Crippen LogP contribution >= 0.6 is 0 Å². The number of carboxylic acid groups (broad SMARTS) is 1. The maximum absolute atomic E-state index is 11.3. The Morgan fingerprint density at radius 3 is 2.66 bits per heavy atom. The largest absolute Gasteiger partial charge is 0.489 e. The number of hydrogen-bond acceptors (Lipinski definition) is 5. The highest BCUT2D eigenvalue weighted by Gasteiger charge is 2.63. The lowest BCUT2D eigenvalue weighted by Crippen LogP contribution is -2.46.